The molecule has 0 aromatic carbocycles. The molecule has 2 rings (SSSR count). The average molecular weight is 150 g/mol. The smallest absolute Gasteiger partial charge is 0.253 e. The van der Waals surface area contributed by atoms with Crippen molar-refractivity contribution in [3.8, 4) is 0 Å². The van der Waals surface area contributed by atoms with Crippen LogP contribution in [-0.2, 0) is 0 Å². The Morgan fingerprint density at radius 2 is 2.45 bits per heavy atom. The van der Waals surface area contributed by atoms with E-state index in [1.165, 1.54) is 10.6 Å². The number of nitrogens with zero attached hydrogens (tertiary/aromatic N) is 2. The van der Waals surface area contributed by atoms with Crippen molar-refractivity contribution in [1.82, 2.24) is 14.6 Å². The van der Waals surface area contributed by atoms with Gasteiger partial charge in [-0.15, -0.1) is 0 Å². The molecule has 0 fully saturated rings. The molecular formula is C6H6N4O. The highest BCUT2D eigenvalue weighted by Gasteiger charge is 1.97. The molecule has 0 aliphatic carbocycles. The van der Waals surface area contributed by atoms with Gasteiger partial charge in [0.05, 0.1) is 6.20 Å². The van der Waals surface area contributed by atoms with Crippen LogP contribution in [0.4, 0.5) is 5.82 Å². The van der Waals surface area contributed by atoms with E-state index >= 15 is 0 Å². The maximum atomic E-state index is 10.8. The van der Waals surface area contributed by atoms with Crippen LogP contribution in [0.3, 0.4) is 0 Å². The van der Waals surface area contributed by atoms with Gasteiger partial charge in [-0.2, -0.15) is 5.10 Å². The van der Waals surface area contributed by atoms with Crippen LogP contribution in [-0.4, -0.2) is 14.6 Å². The second-order valence-electron chi connectivity index (χ2n) is 2.19. The van der Waals surface area contributed by atoms with Crippen molar-refractivity contribution in [2.45, 2.75) is 0 Å². The lowest BCUT2D eigenvalue weighted by atomic mass is 10.5. The summed E-state index contributed by atoms with van der Waals surface area (Å²) < 4.78 is 1.46. The zero-order chi connectivity index (χ0) is 7.84. The summed E-state index contributed by atoms with van der Waals surface area (Å²) in [6, 6.07) is 2.97. The molecule has 0 spiro atoms. The monoisotopic (exact) mass is 150 g/mol. The summed E-state index contributed by atoms with van der Waals surface area (Å²) in [5.74, 6) is 0.341. The number of aromatic amines is 1. The van der Waals surface area contributed by atoms with Crippen LogP contribution in [0, 0.1) is 0 Å². The maximum Gasteiger partial charge on any atom is 0.253 e. The second-order valence-corrected chi connectivity index (χ2v) is 2.19. The summed E-state index contributed by atoms with van der Waals surface area (Å²) in [6.45, 7) is 0. The third-order valence-electron chi connectivity index (χ3n) is 1.42. The summed E-state index contributed by atoms with van der Waals surface area (Å²) in [7, 11) is 0. The molecule has 2 aromatic rings. The third-order valence-corrected chi connectivity index (χ3v) is 1.42. The minimum Gasteiger partial charge on any atom is -0.383 e. The second kappa shape index (κ2) is 1.85. The molecule has 0 radical (unpaired) electrons. The van der Waals surface area contributed by atoms with E-state index in [2.05, 4.69) is 10.1 Å². The van der Waals surface area contributed by atoms with Crippen molar-refractivity contribution in [3.63, 3.8) is 0 Å². The Balaban J connectivity index is 3.02. The molecule has 56 valence electrons. The van der Waals surface area contributed by atoms with Gasteiger partial charge >= 0.3 is 0 Å². The van der Waals surface area contributed by atoms with Crippen LogP contribution in [0.15, 0.2) is 23.1 Å². The molecular weight excluding hydrogens is 144 g/mol. The molecule has 11 heavy (non-hydrogen) atoms. The number of hydrogen-bond acceptors (Lipinski definition) is 3. The van der Waals surface area contributed by atoms with Crippen LogP contribution in [0.5, 0.6) is 0 Å². The van der Waals surface area contributed by atoms with Crippen molar-refractivity contribution < 1.29 is 0 Å². The highest BCUT2D eigenvalue weighted by Crippen LogP contribution is 1.99. The molecule has 5 heteroatoms. The van der Waals surface area contributed by atoms with Crippen molar-refractivity contribution in [1.29, 1.82) is 0 Å². The maximum absolute atomic E-state index is 10.8. The predicted octanol–water partition coefficient (Wildman–Crippen LogP) is -0.395. The quantitative estimate of drug-likeness (QED) is 0.536. The zero-order valence-electron chi connectivity index (χ0n) is 5.61. The Kier molecular flexibility index (Phi) is 1.00. The summed E-state index contributed by atoms with van der Waals surface area (Å²) in [5.41, 5.74) is 5.88. The van der Waals surface area contributed by atoms with Crippen molar-refractivity contribution in [2.24, 2.45) is 0 Å². The summed E-state index contributed by atoms with van der Waals surface area (Å²) in [6.07, 6.45) is 1.57. The fourth-order valence-corrected chi connectivity index (χ4v) is 0.962. The van der Waals surface area contributed by atoms with Gasteiger partial charge in [-0.05, 0) is 0 Å². The van der Waals surface area contributed by atoms with E-state index in [0.29, 0.717) is 11.5 Å². The minimum atomic E-state index is -0.212. The van der Waals surface area contributed by atoms with Gasteiger partial charge in [-0.25, -0.2) is 4.52 Å². The number of H-pyrrole nitrogens is 1. The number of rotatable bonds is 0. The number of hydrogen-bond donors (Lipinski definition) is 2. The molecule has 0 aliphatic heterocycles. The third kappa shape index (κ3) is 0.778. The van der Waals surface area contributed by atoms with Crippen LogP contribution in [0.1, 0.15) is 0 Å². The lowest BCUT2D eigenvalue weighted by molar-refractivity contribution is 0.944. The molecule has 0 amide bonds. The first-order valence-corrected chi connectivity index (χ1v) is 3.10. The highest BCUT2D eigenvalue weighted by atomic mass is 16.1. The number of aromatic nitrogens is 3. The van der Waals surface area contributed by atoms with E-state index in [1.54, 1.807) is 12.3 Å². The van der Waals surface area contributed by atoms with E-state index in [-0.39, 0.29) is 5.56 Å². The predicted molar refractivity (Wildman–Crippen MR) is 40.2 cm³/mol. The van der Waals surface area contributed by atoms with Gasteiger partial charge in [-0.1, -0.05) is 0 Å². The Hall–Kier alpha value is -1.78. The van der Waals surface area contributed by atoms with Gasteiger partial charge in [-0.3, -0.25) is 4.79 Å². The number of fused-ring (bicyclic) bond motifs is 1. The molecule has 0 atom stereocenters. The lowest BCUT2D eigenvalue weighted by Gasteiger charge is -1.95. The van der Waals surface area contributed by atoms with Gasteiger partial charge in [0.1, 0.15) is 11.5 Å². The van der Waals surface area contributed by atoms with Crippen molar-refractivity contribution in [2.75, 3.05) is 5.73 Å². The molecule has 0 aliphatic rings. The van der Waals surface area contributed by atoms with Crippen LogP contribution >= 0.6 is 0 Å². The summed E-state index contributed by atoms with van der Waals surface area (Å²) in [4.78, 5) is 13.4. The SMILES string of the molecule is Nc1cc(=O)[nH]c2ccnn12. The molecule has 5 nitrogen and oxygen atoms in total. The Morgan fingerprint density at radius 3 is 3.27 bits per heavy atom. The average Bonchev–Trinajstić information content (AvgIpc) is 2.34. The van der Waals surface area contributed by atoms with E-state index in [0.717, 1.165) is 0 Å². The zero-order valence-corrected chi connectivity index (χ0v) is 5.61. The van der Waals surface area contributed by atoms with Gasteiger partial charge in [0, 0.05) is 12.1 Å². The molecule has 0 unspecified atom stereocenters. The highest BCUT2D eigenvalue weighted by molar-refractivity contribution is 5.43. The number of nitrogens with one attached hydrogen (secondary N) is 1. The molecule has 3 N–H and O–H groups in total. The van der Waals surface area contributed by atoms with Crippen molar-refractivity contribution >= 4 is 11.5 Å². The van der Waals surface area contributed by atoms with E-state index in [4.69, 9.17) is 5.73 Å². The van der Waals surface area contributed by atoms with E-state index in [1.807, 2.05) is 0 Å². The number of anilines is 1. The van der Waals surface area contributed by atoms with Crippen molar-refractivity contribution in [3.05, 3.63) is 28.7 Å². The van der Waals surface area contributed by atoms with Gasteiger partial charge in [0.15, 0.2) is 0 Å². The lowest BCUT2D eigenvalue weighted by Crippen LogP contribution is -2.10. The van der Waals surface area contributed by atoms with Gasteiger partial charge < -0.3 is 10.7 Å². The Morgan fingerprint density at radius 1 is 1.64 bits per heavy atom. The standard InChI is InChI=1S/C6H6N4O/c7-4-3-6(11)9-5-1-2-8-10(4)5/h1-3H,7H2,(H,9,11). The number of nitrogen functional groups attached to an aromatic ring is 1. The molecule has 0 bridgehead atoms. The topological polar surface area (TPSA) is 76.2 Å². The molecule has 2 aromatic heterocycles. The van der Waals surface area contributed by atoms with Gasteiger partial charge in [0.2, 0.25) is 0 Å². The van der Waals surface area contributed by atoms with E-state index in [9.17, 15) is 4.79 Å². The fourth-order valence-electron chi connectivity index (χ4n) is 0.962. The van der Waals surface area contributed by atoms with Crippen LogP contribution in [0.25, 0.3) is 5.65 Å². The number of nitrogens with two attached hydrogens (primary N) is 1. The summed E-state index contributed by atoms with van der Waals surface area (Å²) in [5, 5.41) is 3.88. The summed E-state index contributed by atoms with van der Waals surface area (Å²) >= 11 is 0. The Labute approximate surface area is 61.5 Å². The Bertz CT molecular complexity index is 441. The molecule has 2 heterocycles. The van der Waals surface area contributed by atoms with Gasteiger partial charge in [0.25, 0.3) is 5.56 Å². The largest absolute Gasteiger partial charge is 0.383 e. The van der Waals surface area contributed by atoms with E-state index < -0.39 is 0 Å². The van der Waals surface area contributed by atoms with Crippen LogP contribution < -0.4 is 11.3 Å². The normalized spacial score (nSPS) is 10.5. The molecule has 0 saturated heterocycles. The van der Waals surface area contributed by atoms with Crippen LogP contribution in [0.2, 0.25) is 0 Å². The first-order valence-electron chi connectivity index (χ1n) is 3.10. The molecule has 0 saturated carbocycles. The minimum absolute atomic E-state index is 0.212. The first kappa shape index (κ1) is 5.96. The fraction of sp³-hybridized carbons (Fsp3) is 0. The first-order chi connectivity index (χ1) is 5.27.